The van der Waals surface area contributed by atoms with Gasteiger partial charge in [0.2, 0.25) is 0 Å². The fourth-order valence-corrected chi connectivity index (χ4v) is 1.43. The molecule has 0 saturated carbocycles. The first kappa shape index (κ1) is 7.98. The average Bonchev–Trinajstić information content (AvgIpc) is 1.54. The number of aliphatic hydroxyl groups excluding tert-OH is 1. The fraction of sp³-hybridized carbons (Fsp3) is 1.00. The van der Waals surface area contributed by atoms with Gasteiger partial charge in [0.05, 0.1) is 12.2 Å². The number of ether oxygens (including phenoxy) is 1. The normalized spacial score (nSPS) is 49.2. The van der Waals surface area contributed by atoms with Crippen LogP contribution in [0.1, 0.15) is 26.7 Å². The smallest absolute Gasteiger partial charge is 0.165 e. The van der Waals surface area contributed by atoms with Gasteiger partial charge in [-0.2, -0.15) is 0 Å². The Bertz CT molecular complexity index is 110. The van der Waals surface area contributed by atoms with E-state index in [0.29, 0.717) is 12.8 Å². The minimum atomic E-state index is -1.13. The Kier molecular flexibility index (Phi) is 1.99. The molecule has 0 amide bonds. The van der Waals surface area contributed by atoms with E-state index in [0.717, 1.165) is 0 Å². The van der Waals surface area contributed by atoms with Gasteiger partial charge in [-0.3, -0.25) is 0 Å². The van der Waals surface area contributed by atoms with Crippen LogP contribution in [-0.2, 0) is 4.74 Å². The van der Waals surface area contributed by atoms with E-state index in [2.05, 4.69) is 0 Å². The van der Waals surface area contributed by atoms with Crippen molar-refractivity contribution >= 4 is 0 Å². The molecule has 0 spiro atoms. The van der Waals surface area contributed by atoms with Gasteiger partial charge in [-0.25, -0.2) is 0 Å². The van der Waals surface area contributed by atoms with Crippen LogP contribution in [0.15, 0.2) is 0 Å². The third-order valence-corrected chi connectivity index (χ3v) is 1.67. The predicted octanol–water partition coefficient (Wildman–Crippen LogP) is 0.255. The van der Waals surface area contributed by atoms with Crippen molar-refractivity contribution in [1.82, 2.24) is 0 Å². The molecule has 0 bridgehead atoms. The zero-order chi connectivity index (χ0) is 7.78. The summed E-state index contributed by atoms with van der Waals surface area (Å²) < 4.78 is 5.14. The molecule has 1 rings (SSSR count). The van der Waals surface area contributed by atoms with E-state index in [1.807, 2.05) is 6.92 Å². The van der Waals surface area contributed by atoms with E-state index in [4.69, 9.17) is 4.74 Å². The molecule has 0 radical (unpaired) electrons. The van der Waals surface area contributed by atoms with E-state index in [1.165, 1.54) is 0 Å². The maximum Gasteiger partial charge on any atom is 0.165 e. The quantitative estimate of drug-likeness (QED) is 0.515. The van der Waals surface area contributed by atoms with Crippen LogP contribution >= 0.6 is 0 Å². The Hall–Kier alpha value is -0.120. The summed E-state index contributed by atoms with van der Waals surface area (Å²) in [6.45, 7) is 3.42. The highest BCUT2D eigenvalue weighted by Crippen LogP contribution is 2.25. The molecule has 3 atom stereocenters. The standard InChI is InChI=1S/C7H14O3/c1-5-3-6(8)4-7(2,9)10-5/h5-6,8-9H,3-4H2,1-2H3/t5-,6+,7+/m0/s1. The number of hydrogen-bond acceptors (Lipinski definition) is 3. The van der Waals surface area contributed by atoms with Crippen molar-refractivity contribution in [2.75, 3.05) is 0 Å². The first-order valence-corrected chi connectivity index (χ1v) is 3.58. The van der Waals surface area contributed by atoms with Crippen LogP contribution in [0, 0.1) is 0 Å². The lowest BCUT2D eigenvalue weighted by atomic mass is 10.0. The van der Waals surface area contributed by atoms with E-state index in [-0.39, 0.29) is 6.10 Å². The molecule has 1 heterocycles. The van der Waals surface area contributed by atoms with Crippen molar-refractivity contribution < 1.29 is 14.9 Å². The van der Waals surface area contributed by atoms with Gasteiger partial charge in [0.15, 0.2) is 5.79 Å². The van der Waals surface area contributed by atoms with Crippen molar-refractivity contribution in [1.29, 1.82) is 0 Å². The molecule has 2 N–H and O–H groups in total. The van der Waals surface area contributed by atoms with E-state index >= 15 is 0 Å². The SMILES string of the molecule is C[C@H]1C[C@@H](O)C[C@](C)(O)O1. The summed E-state index contributed by atoms with van der Waals surface area (Å²) in [5.74, 6) is -1.13. The van der Waals surface area contributed by atoms with E-state index in [1.54, 1.807) is 6.92 Å². The van der Waals surface area contributed by atoms with Crippen LogP contribution in [-0.4, -0.2) is 28.2 Å². The van der Waals surface area contributed by atoms with Gasteiger partial charge < -0.3 is 14.9 Å². The third kappa shape index (κ3) is 1.94. The largest absolute Gasteiger partial charge is 0.393 e. The molecular weight excluding hydrogens is 132 g/mol. The second-order valence-corrected chi connectivity index (χ2v) is 3.20. The summed E-state index contributed by atoms with van der Waals surface area (Å²) in [4.78, 5) is 0. The molecule has 3 nitrogen and oxygen atoms in total. The van der Waals surface area contributed by atoms with Gasteiger partial charge in [-0.15, -0.1) is 0 Å². The summed E-state index contributed by atoms with van der Waals surface area (Å²) >= 11 is 0. The second kappa shape index (κ2) is 2.49. The lowest BCUT2D eigenvalue weighted by Crippen LogP contribution is -2.42. The van der Waals surface area contributed by atoms with Crippen molar-refractivity contribution in [2.45, 2.75) is 44.7 Å². The average molecular weight is 146 g/mol. The van der Waals surface area contributed by atoms with Crippen LogP contribution in [0.3, 0.4) is 0 Å². The topological polar surface area (TPSA) is 49.7 Å². The van der Waals surface area contributed by atoms with E-state index in [9.17, 15) is 10.2 Å². The first-order valence-electron chi connectivity index (χ1n) is 3.58. The first-order chi connectivity index (χ1) is 4.49. The van der Waals surface area contributed by atoms with Crippen molar-refractivity contribution in [3.05, 3.63) is 0 Å². The van der Waals surface area contributed by atoms with Crippen molar-refractivity contribution in [3.63, 3.8) is 0 Å². The molecule has 0 aliphatic carbocycles. The molecule has 1 aliphatic heterocycles. The van der Waals surface area contributed by atoms with Gasteiger partial charge in [0.25, 0.3) is 0 Å². The Morgan fingerprint density at radius 1 is 1.60 bits per heavy atom. The highest BCUT2D eigenvalue weighted by molar-refractivity contribution is 4.76. The molecule has 0 aromatic rings. The van der Waals surface area contributed by atoms with Crippen LogP contribution in [0.2, 0.25) is 0 Å². The molecule has 0 aromatic heterocycles. The number of rotatable bonds is 0. The molecule has 1 fully saturated rings. The molecule has 1 saturated heterocycles. The minimum absolute atomic E-state index is 0.0428. The van der Waals surface area contributed by atoms with Gasteiger partial charge in [0, 0.05) is 6.42 Å². The zero-order valence-corrected chi connectivity index (χ0v) is 6.37. The Morgan fingerprint density at radius 2 is 2.20 bits per heavy atom. The summed E-state index contributed by atoms with van der Waals surface area (Å²) in [5, 5.41) is 18.5. The third-order valence-electron chi connectivity index (χ3n) is 1.67. The van der Waals surface area contributed by atoms with Crippen LogP contribution in [0.5, 0.6) is 0 Å². The minimum Gasteiger partial charge on any atom is -0.393 e. The van der Waals surface area contributed by atoms with Gasteiger partial charge in [0.1, 0.15) is 0 Å². The Morgan fingerprint density at radius 3 is 2.60 bits per heavy atom. The van der Waals surface area contributed by atoms with Crippen LogP contribution in [0.4, 0.5) is 0 Å². The van der Waals surface area contributed by atoms with E-state index < -0.39 is 11.9 Å². The van der Waals surface area contributed by atoms with Crippen LogP contribution in [0.25, 0.3) is 0 Å². The molecular formula is C7H14O3. The van der Waals surface area contributed by atoms with Crippen LogP contribution < -0.4 is 0 Å². The lowest BCUT2D eigenvalue weighted by molar-refractivity contribution is -0.256. The summed E-state index contributed by atoms with van der Waals surface area (Å²) in [5.41, 5.74) is 0. The second-order valence-electron chi connectivity index (χ2n) is 3.20. The lowest BCUT2D eigenvalue weighted by Gasteiger charge is -2.35. The molecule has 0 unspecified atom stereocenters. The van der Waals surface area contributed by atoms with Gasteiger partial charge >= 0.3 is 0 Å². The Labute approximate surface area is 60.6 Å². The monoisotopic (exact) mass is 146 g/mol. The zero-order valence-electron chi connectivity index (χ0n) is 6.37. The molecule has 1 aliphatic rings. The highest BCUT2D eigenvalue weighted by Gasteiger charge is 2.33. The molecule has 0 aromatic carbocycles. The van der Waals surface area contributed by atoms with Gasteiger partial charge in [-0.1, -0.05) is 0 Å². The number of aliphatic hydroxyl groups is 2. The highest BCUT2D eigenvalue weighted by atomic mass is 16.6. The predicted molar refractivity (Wildman–Crippen MR) is 36.4 cm³/mol. The maximum absolute atomic E-state index is 9.33. The summed E-state index contributed by atoms with van der Waals surface area (Å²) in [6, 6.07) is 0. The van der Waals surface area contributed by atoms with Gasteiger partial charge in [-0.05, 0) is 20.3 Å². The van der Waals surface area contributed by atoms with Crippen molar-refractivity contribution in [3.8, 4) is 0 Å². The molecule has 3 heteroatoms. The number of hydrogen-bond donors (Lipinski definition) is 2. The van der Waals surface area contributed by atoms with Crippen molar-refractivity contribution in [2.24, 2.45) is 0 Å². The summed E-state index contributed by atoms with van der Waals surface area (Å²) in [7, 11) is 0. The maximum atomic E-state index is 9.33. The Balaban J connectivity index is 2.51. The summed E-state index contributed by atoms with van der Waals surface area (Å²) in [6.07, 6.45) is 0.477. The molecule has 60 valence electrons. The fourth-order valence-electron chi connectivity index (χ4n) is 1.43. The molecule has 10 heavy (non-hydrogen) atoms.